The lowest BCUT2D eigenvalue weighted by atomic mass is 10.0. The van der Waals surface area contributed by atoms with E-state index in [4.69, 9.17) is 14.2 Å². The molecule has 26 heavy (non-hydrogen) atoms. The number of rotatable bonds is 8. The summed E-state index contributed by atoms with van der Waals surface area (Å²) in [7, 11) is 0. The first-order chi connectivity index (χ1) is 12.5. The predicted molar refractivity (Wildman–Crippen MR) is 98.7 cm³/mol. The lowest BCUT2D eigenvalue weighted by Gasteiger charge is -2.13. The van der Waals surface area contributed by atoms with Crippen molar-refractivity contribution >= 4 is 11.9 Å². The minimum Gasteiger partial charge on any atom is -0.482 e. The fourth-order valence-corrected chi connectivity index (χ4v) is 2.35. The van der Waals surface area contributed by atoms with Gasteiger partial charge in [-0.25, -0.2) is 9.59 Å². The van der Waals surface area contributed by atoms with E-state index in [9.17, 15) is 9.59 Å². The average Bonchev–Trinajstić information content (AvgIpc) is 2.64. The van der Waals surface area contributed by atoms with Crippen molar-refractivity contribution in [2.75, 3.05) is 13.2 Å². The van der Waals surface area contributed by atoms with Crippen molar-refractivity contribution in [1.29, 1.82) is 0 Å². The summed E-state index contributed by atoms with van der Waals surface area (Å²) in [5.41, 5.74) is 1.37. The normalized spacial score (nSPS) is 10.5. The van der Waals surface area contributed by atoms with E-state index in [1.165, 1.54) is 6.07 Å². The highest BCUT2D eigenvalue weighted by molar-refractivity contribution is 5.90. The number of para-hydroxylation sites is 1. The number of carbonyl (C=O) groups excluding carboxylic acids is 2. The standard InChI is InChI=1S/C21H24O5/c1-4-12-24-21(23)16-8-7-9-17(13-16)26-20(22)14-25-19-11-6-5-10-18(19)15(2)3/h5-11,13,15H,4,12,14H2,1-3H3. The molecule has 2 rings (SSSR count). The maximum atomic E-state index is 12.1. The van der Waals surface area contributed by atoms with Crippen LogP contribution in [0.4, 0.5) is 0 Å². The van der Waals surface area contributed by atoms with Gasteiger partial charge in [0.05, 0.1) is 12.2 Å². The van der Waals surface area contributed by atoms with Crippen LogP contribution in [0.2, 0.25) is 0 Å². The second-order valence-electron chi connectivity index (χ2n) is 6.12. The molecule has 0 radical (unpaired) electrons. The fraction of sp³-hybridized carbons (Fsp3) is 0.333. The van der Waals surface area contributed by atoms with Gasteiger partial charge in [0.2, 0.25) is 0 Å². The molecule has 0 saturated carbocycles. The second-order valence-corrected chi connectivity index (χ2v) is 6.12. The molecule has 2 aromatic rings. The molecular weight excluding hydrogens is 332 g/mol. The summed E-state index contributed by atoms with van der Waals surface area (Å²) in [5, 5.41) is 0. The van der Waals surface area contributed by atoms with Crippen LogP contribution in [0.15, 0.2) is 48.5 Å². The van der Waals surface area contributed by atoms with Crippen LogP contribution in [-0.2, 0) is 9.53 Å². The third kappa shape index (κ3) is 5.62. The summed E-state index contributed by atoms with van der Waals surface area (Å²) in [4.78, 5) is 23.9. The van der Waals surface area contributed by atoms with Crippen molar-refractivity contribution in [2.45, 2.75) is 33.1 Å². The van der Waals surface area contributed by atoms with Crippen LogP contribution in [0.1, 0.15) is 49.0 Å². The molecule has 0 saturated heterocycles. The lowest BCUT2D eigenvalue weighted by molar-refractivity contribution is -0.136. The average molecular weight is 356 g/mol. The van der Waals surface area contributed by atoms with Crippen LogP contribution in [-0.4, -0.2) is 25.2 Å². The highest BCUT2D eigenvalue weighted by atomic mass is 16.6. The third-order valence-corrected chi connectivity index (χ3v) is 3.63. The monoisotopic (exact) mass is 356 g/mol. The van der Waals surface area contributed by atoms with E-state index >= 15 is 0 Å². The molecule has 2 aromatic carbocycles. The molecule has 0 aromatic heterocycles. The van der Waals surface area contributed by atoms with Gasteiger partial charge in [-0.3, -0.25) is 0 Å². The van der Waals surface area contributed by atoms with Gasteiger partial charge in [0.25, 0.3) is 0 Å². The van der Waals surface area contributed by atoms with Gasteiger partial charge in [-0.2, -0.15) is 0 Å². The summed E-state index contributed by atoms with van der Waals surface area (Å²) in [5.74, 6) is 0.251. The summed E-state index contributed by atoms with van der Waals surface area (Å²) in [6.07, 6.45) is 0.746. The molecule has 0 aliphatic carbocycles. The molecule has 0 bridgehead atoms. The van der Waals surface area contributed by atoms with Crippen LogP contribution in [0.5, 0.6) is 11.5 Å². The van der Waals surface area contributed by atoms with Crippen LogP contribution >= 0.6 is 0 Å². The summed E-state index contributed by atoms with van der Waals surface area (Å²) >= 11 is 0. The SMILES string of the molecule is CCCOC(=O)c1cccc(OC(=O)COc2ccccc2C(C)C)c1. The van der Waals surface area contributed by atoms with Crippen molar-refractivity contribution in [1.82, 2.24) is 0 Å². The molecule has 0 aliphatic heterocycles. The van der Waals surface area contributed by atoms with E-state index in [0.717, 1.165) is 12.0 Å². The highest BCUT2D eigenvalue weighted by Gasteiger charge is 2.12. The Morgan fingerprint density at radius 1 is 1.04 bits per heavy atom. The largest absolute Gasteiger partial charge is 0.482 e. The van der Waals surface area contributed by atoms with E-state index in [-0.39, 0.29) is 18.3 Å². The summed E-state index contributed by atoms with van der Waals surface area (Å²) < 4.78 is 15.9. The molecule has 0 aliphatic rings. The number of hydrogen-bond donors (Lipinski definition) is 0. The van der Waals surface area contributed by atoms with Gasteiger partial charge in [0.1, 0.15) is 11.5 Å². The Balaban J connectivity index is 1.95. The van der Waals surface area contributed by atoms with Crippen LogP contribution in [0.3, 0.4) is 0 Å². The van der Waals surface area contributed by atoms with Crippen molar-refractivity contribution in [3.8, 4) is 11.5 Å². The number of hydrogen-bond acceptors (Lipinski definition) is 5. The van der Waals surface area contributed by atoms with Crippen molar-refractivity contribution in [3.63, 3.8) is 0 Å². The topological polar surface area (TPSA) is 61.8 Å². The van der Waals surface area contributed by atoms with E-state index in [1.807, 2.05) is 31.2 Å². The molecule has 0 amide bonds. The fourth-order valence-electron chi connectivity index (χ4n) is 2.35. The molecule has 5 heteroatoms. The number of esters is 2. The molecule has 138 valence electrons. The van der Waals surface area contributed by atoms with Gasteiger partial charge in [-0.05, 0) is 42.2 Å². The molecule has 0 spiro atoms. The Labute approximate surface area is 153 Å². The Kier molecular flexibility index (Phi) is 7.21. The van der Waals surface area contributed by atoms with Crippen LogP contribution in [0.25, 0.3) is 0 Å². The first kappa shape index (κ1) is 19.5. The van der Waals surface area contributed by atoms with Gasteiger partial charge in [-0.1, -0.05) is 45.0 Å². The van der Waals surface area contributed by atoms with E-state index in [0.29, 0.717) is 17.9 Å². The quantitative estimate of drug-likeness (QED) is 0.519. The van der Waals surface area contributed by atoms with Crippen molar-refractivity contribution in [3.05, 3.63) is 59.7 Å². The molecular formula is C21H24O5. The van der Waals surface area contributed by atoms with Crippen LogP contribution < -0.4 is 9.47 Å². The van der Waals surface area contributed by atoms with Gasteiger partial charge in [0.15, 0.2) is 6.61 Å². The minimum atomic E-state index is -0.539. The maximum absolute atomic E-state index is 12.1. The van der Waals surface area contributed by atoms with Gasteiger partial charge >= 0.3 is 11.9 Å². The number of ether oxygens (including phenoxy) is 3. The van der Waals surface area contributed by atoms with E-state index in [2.05, 4.69) is 13.8 Å². The second kappa shape index (κ2) is 9.61. The first-order valence-corrected chi connectivity index (χ1v) is 8.70. The molecule has 0 atom stereocenters. The zero-order valence-corrected chi connectivity index (χ0v) is 15.4. The molecule has 0 unspecified atom stereocenters. The summed E-state index contributed by atoms with van der Waals surface area (Å²) in [6, 6.07) is 13.9. The lowest BCUT2D eigenvalue weighted by Crippen LogP contribution is -2.18. The van der Waals surface area contributed by atoms with Crippen molar-refractivity contribution < 1.29 is 23.8 Å². The Morgan fingerprint density at radius 2 is 1.81 bits per heavy atom. The smallest absolute Gasteiger partial charge is 0.349 e. The molecule has 0 heterocycles. The third-order valence-electron chi connectivity index (χ3n) is 3.63. The Bertz CT molecular complexity index is 752. The molecule has 5 nitrogen and oxygen atoms in total. The van der Waals surface area contributed by atoms with Gasteiger partial charge < -0.3 is 14.2 Å². The maximum Gasteiger partial charge on any atom is 0.349 e. The van der Waals surface area contributed by atoms with Gasteiger partial charge in [-0.15, -0.1) is 0 Å². The van der Waals surface area contributed by atoms with Gasteiger partial charge in [0, 0.05) is 0 Å². The summed E-state index contributed by atoms with van der Waals surface area (Å²) in [6.45, 7) is 6.18. The van der Waals surface area contributed by atoms with E-state index < -0.39 is 11.9 Å². The minimum absolute atomic E-state index is 0.214. The zero-order chi connectivity index (χ0) is 18.9. The Hall–Kier alpha value is -2.82. The first-order valence-electron chi connectivity index (χ1n) is 8.70. The van der Waals surface area contributed by atoms with Crippen LogP contribution in [0, 0.1) is 0 Å². The number of benzene rings is 2. The zero-order valence-electron chi connectivity index (χ0n) is 15.4. The highest BCUT2D eigenvalue weighted by Crippen LogP contribution is 2.25. The predicted octanol–water partition coefficient (Wildman–Crippen LogP) is 4.36. The van der Waals surface area contributed by atoms with E-state index in [1.54, 1.807) is 18.2 Å². The number of carbonyl (C=O) groups is 2. The van der Waals surface area contributed by atoms with Crippen molar-refractivity contribution in [2.24, 2.45) is 0 Å². The Morgan fingerprint density at radius 3 is 2.54 bits per heavy atom. The molecule has 0 N–H and O–H groups in total. The molecule has 0 fully saturated rings.